The predicted molar refractivity (Wildman–Crippen MR) is 95.6 cm³/mol. The van der Waals surface area contributed by atoms with Crippen LogP contribution in [0.5, 0.6) is 0 Å². The number of hydrogen-bond acceptors (Lipinski definition) is 4. The quantitative estimate of drug-likeness (QED) is 0.459. The Hall–Kier alpha value is -1.84. The van der Waals surface area contributed by atoms with Gasteiger partial charge in [-0.15, -0.1) is 0 Å². The van der Waals surface area contributed by atoms with Gasteiger partial charge in [0.25, 0.3) is 0 Å². The number of hydrogen-bond donors (Lipinski definition) is 0. The van der Waals surface area contributed by atoms with Crippen molar-refractivity contribution in [2.24, 2.45) is 0 Å². The zero-order chi connectivity index (χ0) is 17.9. The molecular formula is C20H30O4. The second-order valence-electron chi connectivity index (χ2n) is 5.85. The first-order chi connectivity index (χ1) is 11.6. The third-order valence-corrected chi connectivity index (χ3v) is 4.00. The molecule has 0 heterocycles. The van der Waals surface area contributed by atoms with Crippen LogP contribution in [0.4, 0.5) is 0 Å². The van der Waals surface area contributed by atoms with Gasteiger partial charge in [0.15, 0.2) is 0 Å². The second-order valence-corrected chi connectivity index (χ2v) is 5.85. The molecule has 0 aliphatic carbocycles. The minimum atomic E-state index is -0.441. The summed E-state index contributed by atoms with van der Waals surface area (Å²) in [5.41, 5.74) is 2.79. The van der Waals surface area contributed by atoms with Crippen LogP contribution in [0.2, 0.25) is 0 Å². The molecule has 24 heavy (non-hydrogen) atoms. The molecule has 0 radical (unpaired) electrons. The molecule has 0 atom stereocenters. The lowest BCUT2D eigenvalue weighted by molar-refractivity contribution is 0.0452. The molecule has 4 nitrogen and oxygen atoms in total. The van der Waals surface area contributed by atoms with Gasteiger partial charge in [0.1, 0.15) is 0 Å². The van der Waals surface area contributed by atoms with E-state index in [0.717, 1.165) is 49.7 Å². The van der Waals surface area contributed by atoms with Gasteiger partial charge >= 0.3 is 11.9 Å². The molecule has 4 heteroatoms. The summed E-state index contributed by atoms with van der Waals surface area (Å²) in [6.07, 6.45) is 5.15. The Labute approximate surface area is 145 Å². The molecule has 1 aromatic rings. The van der Waals surface area contributed by atoms with E-state index in [0.29, 0.717) is 24.3 Å². The van der Waals surface area contributed by atoms with E-state index in [1.807, 2.05) is 27.7 Å². The molecule has 0 fully saturated rings. The van der Waals surface area contributed by atoms with Crippen molar-refractivity contribution in [3.05, 3.63) is 34.4 Å². The van der Waals surface area contributed by atoms with E-state index in [9.17, 15) is 9.59 Å². The van der Waals surface area contributed by atoms with E-state index in [2.05, 4.69) is 0 Å². The average molecular weight is 334 g/mol. The van der Waals surface area contributed by atoms with Crippen molar-refractivity contribution >= 4 is 11.9 Å². The standard InChI is InChI=1S/C20H30O4/c1-5-9-11-23-19(21)17-13-15(7-3)16(8-4)14-18(17)20(22)24-12-10-6-2/h13-14H,5-12H2,1-4H3. The van der Waals surface area contributed by atoms with Crippen molar-refractivity contribution in [1.29, 1.82) is 0 Å². The van der Waals surface area contributed by atoms with E-state index in [1.54, 1.807) is 12.1 Å². The molecular weight excluding hydrogens is 304 g/mol. The summed E-state index contributed by atoms with van der Waals surface area (Å²) in [6.45, 7) is 8.90. The van der Waals surface area contributed by atoms with Gasteiger partial charge in [-0.05, 0) is 48.9 Å². The molecule has 1 rings (SSSR count). The molecule has 0 bridgehead atoms. The SMILES string of the molecule is CCCCOC(=O)c1cc(CC)c(CC)cc1C(=O)OCCCC. The zero-order valence-corrected chi connectivity index (χ0v) is 15.4. The first kappa shape index (κ1) is 20.2. The average Bonchev–Trinajstić information content (AvgIpc) is 2.60. The molecule has 134 valence electrons. The summed E-state index contributed by atoms with van der Waals surface area (Å²) in [7, 11) is 0. The summed E-state index contributed by atoms with van der Waals surface area (Å²) in [4.78, 5) is 24.8. The first-order valence-corrected chi connectivity index (χ1v) is 9.08. The summed E-state index contributed by atoms with van der Waals surface area (Å²) in [5, 5.41) is 0. The fourth-order valence-electron chi connectivity index (χ4n) is 2.46. The Balaban J connectivity index is 3.11. The van der Waals surface area contributed by atoms with Gasteiger partial charge < -0.3 is 9.47 Å². The van der Waals surface area contributed by atoms with Gasteiger partial charge in [0.05, 0.1) is 24.3 Å². The number of benzene rings is 1. The maximum absolute atomic E-state index is 12.4. The highest BCUT2D eigenvalue weighted by Gasteiger charge is 2.21. The van der Waals surface area contributed by atoms with Crippen LogP contribution in [-0.4, -0.2) is 25.2 Å². The number of aryl methyl sites for hydroxylation is 2. The van der Waals surface area contributed by atoms with Crippen LogP contribution in [0.25, 0.3) is 0 Å². The minimum absolute atomic E-state index is 0.321. The summed E-state index contributed by atoms with van der Waals surface area (Å²) in [5.74, 6) is -0.883. The molecule has 0 unspecified atom stereocenters. The molecule has 0 N–H and O–H groups in total. The smallest absolute Gasteiger partial charge is 0.339 e. The van der Waals surface area contributed by atoms with Gasteiger partial charge in [-0.3, -0.25) is 0 Å². The lowest BCUT2D eigenvalue weighted by atomic mass is 9.95. The Kier molecular flexibility index (Phi) is 9.13. The molecule has 0 aromatic heterocycles. The second kappa shape index (κ2) is 10.8. The largest absolute Gasteiger partial charge is 0.462 e. The van der Waals surface area contributed by atoms with Gasteiger partial charge in [-0.25, -0.2) is 9.59 Å². The number of ether oxygens (including phenoxy) is 2. The van der Waals surface area contributed by atoms with Crippen LogP contribution >= 0.6 is 0 Å². The fraction of sp³-hybridized carbons (Fsp3) is 0.600. The first-order valence-electron chi connectivity index (χ1n) is 9.08. The summed E-state index contributed by atoms with van der Waals surface area (Å²) >= 11 is 0. The maximum atomic E-state index is 12.4. The van der Waals surface area contributed by atoms with Gasteiger partial charge in [0.2, 0.25) is 0 Å². The van der Waals surface area contributed by atoms with Crippen molar-refractivity contribution in [3.63, 3.8) is 0 Å². The summed E-state index contributed by atoms with van der Waals surface area (Å²) in [6, 6.07) is 3.59. The monoisotopic (exact) mass is 334 g/mol. The number of esters is 2. The number of carbonyl (C=O) groups is 2. The molecule has 1 aromatic carbocycles. The van der Waals surface area contributed by atoms with E-state index in [1.165, 1.54) is 0 Å². The van der Waals surface area contributed by atoms with Crippen molar-refractivity contribution in [2.75, 3.05) is 13.2 Å². The topological polar surface area (TPSA) is 52.6 Å². The minimum Gasteiger partial charge on any atom is -0.462 e. The van der Waals surface area contributed by atoms with Crippen molar-refractivity contribution < 1.29 is 19.1 Å². The van der Waals surface area contributed by atoms with Crippen LogP contribution in [0.15, 0.2) is 12.1 Å². The highest BCUT2D eigenvalue weighted by Crippen LogP contribution is 2.21. The van der Waals surface area contributed by atoms with Crippen molar-refractivity contribution in [2.45, 2.75) is 66.2 Å². The van der Waals surface area contributed by atoms with Crippen LogP contribution in [0.3, 0.4) is 0 Å². The zero-order valence-electron chi connectivity index (χ0n) is 15.4. The maximum Gasteiger partial charge on any atom is 0.339 e. The predicted octanol–water partition coefficient (Wildman–Crippen LogP) is 4.73. The Bertz CT molecular complexity index is 500. The third-order valence-electron chi connectivity index (χ3n) is 4.00. The number of rotatable bonds is 10. The van der Waals surface area contributed by atoms with E-state index in [4.69, 9.17) is 9.47 Å². The Morgan fingerprint density at radius 1 is 0.750 bits per heavy atom. The fourth-order valence-corrected chi connectivity index (χ4v) is 2.46. The molecule has 0 saturated carbocycles. The van der Waals surface area contributed by atoms with Crippen LogP contribution in [-0.2, 0) is 22.3 Å². The van der Waals surface area contributed by atoms with Crippen LogP contribution < -0.4 is 0 Å². The molecule has 0 aliphatic rings. The van der Waals surface area contributed by atoms with Crippen LogP contribution in [0, 0.1) is 0 Å². The molecule has 0 amide bonds. The van der Waals surface area contributed by atoms with Crippen molar-refractivity contribution in [1.82, 2.24) is 0 Å². The van der Waals surface area contributed by atoms with Crippen LogP contribution in [0.1, 0.15) is 85.2 Å². The molecule has 0 saturated heterocycles. The third kappa shape index (κ3) is 5.66. The van der Waals surface area contributed by atoms with Gasteiger partial charge in [-0.2, -0.15) is 0 Å². The normalized spacial score (nSPS) is 10.5. The van der Waals surface area contributed by atoms with E-state index >= 15 is 0 Å². The van der Waals surface area contributed by atoms with E-state index < -0.39 is 11.9 Å². The Morgan fingerprint density at radius 2 is 1.12 bits per heavy atom. The molecule has 0 aliphatic heterocycles. The van der Waals surface area contributed by atoms with Gasteiger partial charge in [0, 0.05) is 0 Å². The van der Waals surface area contributed by atoms with Crippen molar-refractivity contribution in [3.8, 4) is 0 Å². The Morgan fingerprint density at radius 3 is 1.42 bits per heavy atom. The number of unbranched alkanes of at least 4 members (excludes halogenated alkanes) is 2. The lowest BCUT2D eigenvalue weighted by Gasteiger charge is -2.14. The number of carbonyl (C=O) groups excluding carboxylic acids is 2. The van der Waals surface area contributed by atoms with E-state index in [-0.39, 0.29) is 0 Å². The van der Waals surface area contributed by atoms with Gasteiger partial charge in [-0.1, -0.05) is 40.5 Å². The lowest BCUT2D eigenvalue weighted by Crippen LogP contribution is -2.16. The summed E-state index contributed by atoms with van der Waals surface area (Å²) < 4.78 is 10.6. The highest BCUT2D eigenvalue weighted by atomic mass is 16.5. The molecule has 0 spiro atoms. The highest BCUT2D eigenvalue weighted by molar-refractivity contribution is 6.03.